The van der Waals surface area contributed by atoms with Gasteiger partial charge in [0.05, 0.1) is 19.4 Å². The average molecular weight is 328 g/mol. The number of rotatable bonds is 4. The summed E-state index contributed by atoms with van der Waals surface area (Å²) in [7, 11) is 1.48. The smallest absolute Gasteiger partial charge is 0.313 e. The lowest BCUT2D eigenvalue weighted by Gasteiger charge is -2.10. The molecule has 3 rings (SSSR count). The first-order valence-electron chi connectivity index (χ1n) is 7.33. The van der Waals surface area contributed by atoms with Gasteiger partial charge in [0.1, 0.15) is 16.9 Å². The zero-order valence-corrected chi connectivity index (χ0v) is 13.0. The Morgan fingerprint density at radius 1 is 1.12 bits per heavy atom. The van der Waals surface area contributed by atoms with Crippen LogP contribution in [0.4, 0.5) is 5.69 Å². The molecule has 3 N–H and O–H groups in total. The number of hydrogen-bond acceptors (Lipinski definition) is 5. The molecule has 0 atom stereocenters. The van der Waals surface area contributed by atoms with Gasteiger partial charge in [0.2, 0.25) is 0 Å². The van der Waals surface area contributed by atoms with E-state index < -0.39 is 11.8 Å². The van der Waals surface area contributed by atoms with E-state index in [0.717, 1.165) is 16.4 Å². The molecule has 0 saturated heterocycles. The Kier molecular flexibility index (Phi) is 4.35. The molecule has 0 bridgehead atoms. The molecule has 0 radical (unpaired) electrons. The summed E-state index contributed by atoms with van der Waals surface area (Å²) in [5.41, 5.74) is 1.62. The number of carbonyl (C=O) groups excluding carboxylic acids is 2. The maximum absolute atomic E-state index is 11.9. The Labute approximate surface area is 137 Å². The van der Waals surface area contributed by atoms with Gasteiger partial charge in [-0.1, -0.05) is 18.2 Å². The molecule has 1 heterocycles. The topological polar surface area (TPSA) is 101 Å². The van der Waals surface area contributed by atoms with E-state index in [-0.39, 0.29) is 13.2 Å². The standard InChI is InChI=1S/C17H16N2O5/c1-23-15-8-11-10-4-2-3-5-13(10)24-14(11)9-12(15)19-17(22)16(21)18-6-7-20/h2-5,8-9,20H,6-7H2,1H3,(H,18,21)(H,19,22). The van der Waals surface area contributed by atoms with Gasteiger partial charge in [-0.05, 0) is 12.1 Å². The molecule has 0 fully saturated rings. The van der Waals surface area contributed by atoms with Crippen LogP contribution < -0.4 is 15.4 Å². The zero-order chi connectivity index (χ0) is 17.1. The molecule has 7 heteroatoms. The van der Waals surface area contributed by atoms with Crippen LogP contribution in [0.15, 0.2) is 40.8 Å². The maximum Gasteiger partial charge on any atom is 0.313 e. The first-order chi connectivity index (χ1) is 11.6. The molecule has 0 saturated carbocycles. The highest BCUT2D eigenvalue weighted by molar-refractivity contribution is 6.39. The van der Waals surface area contributed by atoms with Gasteiger partial charge in [-0.3, -0.25) is 9.59 Å². The van der Waals surface area contributed by atoms with E-state index in [4.69, 9.17) is 14.3 Å². The van der Waals surface area contributed by atoms with E-state index in [1.807, 2.05) is 24.3 Å². The number of anilines is 1. The third kappa shape index (κ3) is 2.89. The molecule has 124 valence electrons. The van der Waals surface area contributed by atoms with Crippen LogP contribution in [0.25, 0.3) is 21.9 Å². The van der Waals surface area contributed by atoms with Crippen molar-refractivity contribution in [3.8, 4) is 5.75 Å². The second-order valence-corrected chi connectivity index (χ2v) is 5.08. The van der Waals surface area contributed by atoms with Crippen LogP contribution in [0.3, 0.4) is 0 Å². The molecule has 2 aromatic carbocycles. The third-order valence-electron chi connectivity index (χ3n) is 3.55. The molecule has 24 heavy (non-hydrogen) atoms. The van der Waals surface area contributed by atoms with Crippen molar-refractivity contribution in [3.63, 3.8) is 0 Å². The number of carbonyl (C=O) groups is 2. The fraction of sp³-hybridized carbons (Fsp3) is 0.176. The molecule has 3 aromatic rings. The molecular weight excluding hydrogens is 312 g/mol. The normalized spacial score (nSPS) is 10.8. The van der Waals surface area contributed by atoms with Crippen molar-refractivity contribution >= 4 is 39.4 Å². The van der Waals surface area contributed by atoms with Crippen molar-refractivity contribution in [2.45, 2.75) is 0 Å². The molecule has 0 unspecified atom stereocenters. The number of aliphatic hydroxyl groups is 1. The first kappa shape index (κ1) is 15.8. The van der Waals surface area contributed by atoms with Gasteiger partial charge < -0.3 is 24.9 Å². The van der Waals surface area contributed by atoms with Crippen LogP contribution in [0.5, 0.6) is 5.75 Å². The molecular formula is C17H16N2O5. The summed E-state index contributed by atoms with van der Waals surface area (Å²) in [4.78, 5) is 23.5. The summed E-state index contributed by atoms with van der Waals surface area (Å²) < 4.78 is 11.1. The summed E-state index contributed by atoms with van der Waals surface area (Å²) >= 11 is 0. The van der Waals surface area contributed by atoms with Gasteiger partial charge in [0.25, 0.3) is 0 Å². The number of amides is 2. The summed E-state index contributed by atoms with van der Waals surface area (Å²) in [5, 5.41) is 15.2. The van der Waals surface area contributed by atoms with E-state index in [1.165, 1.54) is 7.11 Å². The van der Waals surface area contributed by atoms with Gasteiger partial charge in [-0.15, -0.1) is 0 Å². The number of aliphatic hydroxyl groups excluding tert-OH is 1. The quantitative estimate of drug-likeness (QED) is 0.632. The number of nitrogens with one attached hydrogen (secondary N) is 2. The zero-order valence-electron chi connectivity index (χ0n) is 13.0. The molecule has 2 amide bonds. The van der Waals surface area contributed by atoms with E-state index in [2.05, 4.69) is 10.6 Å². The average Bonchev–Trinajstić information content (AvgIpc) is 2.96. The van der Waals surface area contributed by atoms with E-state index in [1.54, 1.807) is 12.1 Å². The summed E-state index contributed by atoms with van der Waals surface area (Å²) in [5.74, 6) is -1.27. The molecule has 0 aliphatic heterocycles. The maximum atomic E-state index is 11.9. The highest BCUT2D eigenvalue weighted by Gasteiger charge is 2.17. The Morgan fingerprint density at radius 3 is 2.67 bits per heavy atom. The van der Waals surface area contributed by atoms with Crippen molar-refractivity contribution in [1.82, 2.24) is 5.32 Å². The van der Waals surface area contributed by atoms with Crippen LogP contribution in [0, 0.1) is 0 Å². The lowest BCUT2D eigenvalue weighted by atomic mass is 10.1. The van der Waals surface area contributed by atoms with E-state index in [0.29, 0.717) is 17.0 Å². The lowest BCUT2D eigenvalue weighted by molar-refractivity contribution is -0.136. The van der Waals surface area contributed by atoms with Crippen LogP contribution >= 0.6 is 0 Å². The van der Waals surface area contributed by atoms with Gasteiger partial charge in [0, 0.05) is 23.4 Å². The highest BCUT2D eigenvalue weighted by atomic mass is 16.5. The number of para-hydroxylation sites is 1. The summed E-state index contributed by atoms with van der Waals surface area (Å²) in [6, 6.07) is 10.9. The molecule has 0 aliphatic rings. The minimum Gasteiger partial charge on any atom is -0.495 e. The highest BCUT2D eigenvalue weighted by Crippen LogP contribution is 2.36. The van der Waals surface area contributed by atoms with Crippen LogP contribution in [0.1, 0.15) is 0 Å². The predicted molar refractivity (Wildman–Crippen MR) is 89.0 cm³/mol. The van der Waals surface area contributed by atoms with Gasteiger partial charge in [-0.2, -0.15) is 0 Å². The van der Waals surface area contributed by atoms with Gasteiger partial charge in [-0.25, -0.2) is 0 Å². The van der Waals surface area contributed by atoms with Gasteiger partial charge >= 0.3 is 11.8 Å². The number of methoxy groups -OCH3 is 1. The summed E-state index contributed by atoms with van der Waals surface area (Å²) in [6.07, 6.45) is 0. The Hall–Kier alpha value is -3.06. The van der Waals surface area contributed by atoms with Crippen molar-refractivity contribution < 1.29 is 23.8 Å². The Morgan fingerprint density at radius 2 is 1.92 bits per heavy atom. The van der Waals surface area contributed by atoms with E-state index in [9.17, 15) is 9.59 Å². The second-order valence-electron chi connectivity index (χ2n) is 5.08. The molecule has 0 spiro atoms. The van der Waals surface area contributed by atoms with Crippen LogP contribution in [0.2, 0.25) is 0 Å². The molecule has 1 aromatic heterocycles. The Balaban J connectivity index is 1.97. The number of ether oxygens (including phenoxy) is 1. The van der Waals surface area contributed by atoms with Crippen LogP contribution in [-0.4, -0.2) is 37.2 Å². The fourth-order valence-corrected chi connectivity index (χ4v) is 2.45. The summed E-state index contributed by atoms with van der Waals surface area (Å²) in [6.45, 7) is -0.237. The fourth-order valence-electron chi connectivity index (χ4n) is 2.45. The van der Waals surface area contributed by atoms with Crippen molar-refractivity contribution in [3.05, 3.63) is 36.4 Å². The monoisotopic (exact) mass is 328 g/mol. The third-order valence-corrected chi connectivity index (χ3v) is 3.55. The Bertz CT molecular complexity index is 916. The molecule has 0 aliphatic carbocycles. The number of fused-ring (bicyclic) bond motifs is 3. The van der Waals surface area contributed by atoms with Gasteiger partial charge in [0.15, 0.2) is 0 Å². The van der Waals surface area contributed by atoms with Crippen molar-refractivity contribution in [2.24, 2.45) is 0 Å². The second kappa shape index (κ2) is 6.59. The number of furan rings is 1. The SMILES string of the molecule is COc1cc2c(cc1NC(=O)C(=O)NCCO)oc1ccccc12. The largest absolute Gasteiger partial charge is 0.495 e. The lowest BCUT2D eigenvalue weighted by Crippen LogP contribution is -2.36. The predicted octanol–water partition coefficient (Wildman–Crippen LogP) is 1.64. The number of benzene rings is 2. The van der Waals surface area contributed by atoms with Crippen molar-refractivity contribution in [1.29, 1.82) is 0 Å². The van der Waals surface area contributed by atoms with Crippen molar-refractivity contribution in [2.75, 3.05) is 25.6 Å². The number of hydrogen-bond donors (Lipinski definition) is 3. The minimum absolute atomic E-state index is 0.00595. The minimum atomic E-state index is -0.850. The van der Waals surface area contributed by atoms with E-state index >= 15 is 0 Å². The first-order valence-corrected chi connectivity index (χ1v) is 7.33. The molecule has 7 nitrogen and oxygen atoms in total. The van der Waals surface area contributed by atoms with Crippen LogP contribution in [-0.2, 0) is 9.59 Å².